The quantitative estimate of drug-likeness (QED) is 0.779. The smallest absolute Gasteiger partial charge is 0.354 e. The third-order valence-electron chi connectivity index (χ3n) is 4.67. The number of H-pyrrole nitrogens is 1. The molecule has 3 heterocycles. The van der Waals surface area contributed by atoms with Gasteiger partial charge in [0.15, 0.2) is 0 Å². The Morgan fingerprint density at radius 1 is 1.46 bits per heavy atom. The lowest BCUT2D eigenvalue weighted by Crippen LogP contribution is -2.26. The molecule has 8 nitrogen and oxygen atoms in total. The van der Waals surface area contributed by atoms with Crippen LogP contribution in [0.5, 0.6) is 0 Å². The van der Waals surface area contributed by atoms with Gasteiger partial charge in [0.05, 0.1) is 17.9 Å². The van der Waals surface area contributed by atoms with Crippen LogP contribution in [0.1, 0.15) is 72.4 Å². The summed E-state index contributed by atoms with van der Waals surface area (Å²) in [5.41, 5.74) is 2.23. The maximum Gasteiger partial charge on any atom is 0.354 e. The summed E-state index contributed by atoms with van der Waals surface area (Å²) in [6, 6.07) is 0.190. The first-order chi connectivity index (χ1) is 11.5. The molecule has 0 aliphatic carbocycles. The third kappa shape index (κ3) is 2.47. The summed E-state index contributed by atoms with van der Waals surface area (Å²) in [6.07, 6.45) is 3.47. The number of hydrogen-bond acceptors (Lipinski definition) is 4. The number of fused-ring (bicyclic) bond motifs is 1. The first-order valence-electron chi connectivity index (χ1n) is 8.13. The van der Waals surface area contributed by atoms with Crippen LogP contribution in [0.25, 0.3) is 0 Å². The van der Waals surface area contributed by atoms with E-state index in [0.29, 0.717) is 11.4 Å². The lowest BCUT2D eigenvalue weighted by atomic mass is 9.86. The zero-order valence-electron chi connectivity index (χ0n) is 14.0. The monoisotopic (exact) mass is 331 g/mol. The van der Waals surface area contributed by atoms with Crippen molar-refractivity contribution >= 4 is 17.7 Å². The van der Waals surface area contributed by atoms with Gasteiger partial charge in [-0.25, -0.2) is 9.48 Å². The number of hydrogen-bond donors (Lipinski definition) is 3. The largest absolute Gasteiger partial charge is 0.477 e. The summed E-state index contributed by atoms with van der Waals surface area (Å²) in [7, 11) is 0. The van der Waals surface area contributed by atoms with Crippen molar-refractivity contribution in [3.05, 3.63) is 28.7 Å². The Morgan fingerprint density at radius 2 is 2.17 bits per heavy atom. The van der Waals surface area contributed by atoms with E-state index in [1.54, 1.807) is 0 Å². The van der Waals surface area contributed by atoms with Crippen molar-refractivity contribution in [3.63, 3.8) is 0 Å². The Morgan fingerprint density at radius 3 is 2.79 bits per heavy atom. The Kier molecular flexibility index (Phi) is 4.13. The molecule has 1 aliphatic rings. The molecule has 0 saturated carbocycles. The summed E-state index contributed by atoms with van der Waals surface area (Å²) in [5, 5.41) is 23.3. The number of aryl methyl sites for hydroxylation is 1. The third-order valence-corrected chi connectivity index (χ3v) is 4.67. The summed E-state index contributed by atoms with van der Waals surface area (Å²) in [4.78, 5) is 23.7. The van der Waals surface area contributed by atoms with Crippen LogP contribution in [-0.4, -0.2) is 37.0 Å². The Bertz CT molecular complexity index is 788. The lowest BCUT2D eigenvalue weighted by Gasteiger charge is -2.25. The second-order valence-electron chi connectivity index (χ2n) is 6.07. The first kappa shape index (κ1) is 16.2. The normalized spacial score (nSPS) is 17.0. The van der Waals surface area contributed by atoms with Gasteiger partial charge in [-0.3, -0.25) is 9.89 Å². The van der Waals surface area contributed by atoms with E-state index in [-0.39, 0.29) is 30.0 Å². The van der Waals surface area contributed by atoms with Crippen LogP contribution in [-0.2, 0) is 4.79 Å². The average molecular weight is 331 g/mol. The van der Waals surface area contributed by atoms with Crippen LogP contribution in [0.2, 0.25) is 0 Å². The van der Waals surface area contributed by atoms with Crippen molar-refractivity contribution in [1.82, 2.24) is 20.0 Å². The molecule has 24 heavy (non-hydrogen) atoms. The number of carboxylic acids is 1. The molecule has 0 fully saturated rings. The van der Waals surface area contributed by atoms with Crippen LogP contribution in [0, 0.1) is 6.92 Å². The zero-order chi connectivity index (χ0) is 17.4. The van der Waals surface area contributed by atoms with E-state index in [1.807, 2.05) is 11.6 Å². The van der Waals surface area contributed by atoms with Crippen molar-refractivity contribution in [2.24, 2.45) is 0 Å². The van der Waals surface area contributed by atoms with E-state index < -0.39 is 5.97 Å². The number of aromatic carboxylic acids is 1. The number of carbonyl (C=O) groups is 2. The Labute approximate surface area is 139 Å². The highest BCUT2D eigenvalue weighted by Crippen LogP contribution is 2.41. The first-order valence-corrected chi connectivity index (χ1v) is 8.13. The number of amides is 1. The lowest BCUT2D eigenvalue weighted by molar-refractivity contribution is -0.116. The van der Waals surface area contributed by atoms with Crippen LogP contribution < -0.4 is 5.32 Å². The molecule has 3 rings (SSSR count). The minimum Gasteiger partial charge on any atom is -0.477 e. The molecule has 1 atom stereocenters. The number of carboxylic acid groups (broad SMARTS) is 1. The minimum absolute atomic E-state index is 0.0235. The van der Waals surface area contributed by atoms with E-state index in [4.69, 9.17) is 0 Å². The second kappa shape index (κ2) is 6.10. The van der Waals surface area contributed by atoms with Gasteiger partial charge in [0, 0.05) is 23.5 Å². The highest BCUT2D eigenvalue weighted by Gasteiger charge is 2.36. The molecule has 2 aromatic heterocycles. The molecule has 0 spiro atoms. The fraction of sp³-hybridized carbons (Fsp3) is 0.500. The van der Waals surface area contributed by atoms with Crippen molar-refractivity contribution < 1.29 is 14.7 Å². The van der Waals surface area contributed by atoms with Gasteiger partial charge >= 0.3 is 5.97 Å². The molecule has 128 valence electrons. The molecular weight excluding hydrogens is 310 g/mol. The van der Waals surface area contributed by atoms with Crippen molar-refractivity contribution in [3.8, 4) is 0 Å². The van der Waals surface area contributed by atoms with Crippen LogP contribution in [0.3, 0.4) is 0 Å². The van der Waals surface area contributed by atoms with Crippen LogP contribution in [0.4, 0.5) is 5.82 Å². The Balaban J connectivity index is 2.15. The molecule has 1 aliphatic heterocycles. The van der Waals surface area contributed by atoms with Gasteiger partial charge in [-0.2, -0.15) is 10.2 Å². The summed E-state index contributed by atoms with van der Waals surface area (Å²) in [6.45, 7) is 6.05. The second-order valence-corrected chi connectivity index (χ2v) is 6.07. The molecular formula is C16H21N5O3. The van der Waals surface area contributed by atoms with Gasteiger partial charge in [-0.15, -0.1) is 0 Å². The summed E-state index contributed by atoms with van der Waals surface area (Å²) < 4.78 is 1.87. The predicted molar refractivity (Wildman–Crippen MR) is 87.2 cm³/mol. The van der Waals surface area contributed by atoms with Gasteiger partial charge in [0.2, 0.25) is 5.91 Å². The number of aromatic nitrogens is 4. The van der Waals surface area contributed by atoms with Crippen molar-refractivity contribution in [1.29, 1.82) is 0 Å². The number of anilines is 1. The fourth-order valence-corrected chi connectivity index (χ4v) is 3.47. The molecule has 2 aromatic rings. The minimum atomic E-state index is -1.08. The Hall–Kier alpha value is -2.64. The van der Waals surface area contributed by atoms with E-state index in [2.05, 4.69) is 34.5 Å². The molecule has 8 heteroatoms. The van der Waals surface area contributed by atoms with Crippen LogP contribution in [0.15, 0.2) is 6.20 Å². The molecule has 0 radical (unpaired) electrons. The topological polar surface area (TPSA) is 113 Å². The zero-order valence-corrected chi connectivity index (χ0v) is 14.0. The van der Waals surface area contributed by atoms with E-state index in [0.717, 1.165) is 24.1 Å². The van der Waals surface area contributed by atoms with Crippen molar-refractivity contribution in [2.45, 2.75) is 52.0 Å². The van der Waals surface area contributed by atoms with Gasteiger partial charge in [-0.05, 0) is 19.8 Å². The summed E-state index contributed by atoms with van der Waals surface area (Å²) in [5.74, 6) is -0.904. The maximum atomic E-state index is 12.2. The van der Waals surface area contributed by atoms with E-state index >= 15 is 0 Å². The van der Waals surface area contributed by atoms with E-state index in [1.165, 1.54) is 6.20 Å². The standard InChI is InChI=1S/C16H21N5O3/c1-4-9(5-2)21-15-13(8(3)20-21)10(6-12(22)18-15)11-7-17-19-14(11)16(23)24/h7,9-10H,4-6H2,1-3H3,(H,17,19)(H,18,22)(H,23,24). The van der Waals surface area contributed by atoms with Crippen molar-refractivity contribution in [2.75, 3.05) is 5.32 Å². The highest BCUT2D eigenvalue weighted by molar-refractivity contribution is 5.95. The number of nitrogens with zero attached hydrogens (tertiary/aromatic N) is 3. The van der Waals surface area contributed by atoms with Gasteiger partial charge in [0.25, 0.3) is 0 Å². The van der Waals surface area contributed by atoms with Gasteiger partial charge in [-0.1, -0.05) is 13.8 Å². The molecule has 1 amide bonds. The van der Waals surface area contributed by atoms with E-state index in [9.17, 15) is 14.7 Å². The average Bonchev–Trinajstić information content (AvgIpc) is 3.14. The fourth-order valence-electron chi connectivity index (χ4n) is 3.47. The highest BCUT2D eigenvalue weighted by atomic mass is 16.4. The predicted octanol–water partition coefficient (Wildman–Crippen LogP) is 2.45. The molecule has 3 N–H and O–H groups in total. The number of aromatic amines is 1. The van der Waals surface area contributed by atoms with Gasteiger partial charge < -0.3 is 10.4 Å². The molecule has 0 saturated heterocycles. The molecule has 1 unspecified atom stereocenters. The van der Waals surface area contributed by atoms with Gasteiger partial charge in [0.1, 0.15) is 11.5 Å². The molecule has 0 bridgehead atoms. The maximum absolute atomic E-state index is 12.2. The number of nitrogens with one attached hydrogen (secondary N) is 2. The summed E-state index contributed by atoms with van der Waals surface area (Å²) >= 11 is 0. The van der Waals surface area contributed by atoms with Crippen LogP contribution >= 0.6 is 0 Å². The number of rotatable bonds is 5. The molecule has 0 aromatic carbocycles. The number of carbonyl (C=O) groups excluding carboxylic acids is 1. The SMILES string of the molecule is CCC(CC)n1nc(C)c2c1NC(=O)CC2c1cn[nH]c1C(=O)O.